The SMILES string of the molecule is C=C([O-])C(Cl)=CC. The Morgan fingerprint density at radius 2 is 2.29 bits per heavy atom. The molecule has 40 valence electrons. The molecule has 0 heterocycles. The Kier molecular flexibility index (Phi) is 2.53. The molecule has 0 saturated carbocycles. The van der Waals surface area contributed by atoms with Gasteiger partial charge in [0.2, 0.25) is 0 Å². The lowest BCUT2D eigenvalue weighted by Gasteiger charge is -2.04. The zero-order valence-electron chi connectivity index (χ0n) is 4.07. The zero-order chi connectivity index (χ0) is 5.86. The van der Waals surface area contributed by atoms with E-state index >= 15 is 0 Å². The van der Waals surface area contributed by atoms with E-state index in [1.54, 1.807) is 6.92 Å². The van der Waals surface area contributed by atoms with Gasteiger partial charge in [-0.1, -0.05) is 23.4 Å². The first-order valence-electron chi connectivity index (χ1n) is 1.86. The molecule has 0 atom stereocenters. The number of hydrogen-bond acceptors (Lipinski definition) is 1. The molecule has 1 nitrogen and oxygen atoms in total. The van der Waals surface area contributed by atoms with E-state index in [1.165, 1.54) is 6.08 Å². The molecule has 0 fully saturated rings. The van der Waals surface area contributed by atoms with Crippen molar-refractivity contribution in [1.82, 2.24) is 0 Å². The topological polar surface area (TPSA) is 23.1 Å². The van der Waals surface area contributed by atoms with Crippen molar-refractivity contribution in [1.29, 1.82) is 0 Å². The fourth-order valence-corrected chi connectivity index (χ4v) is 0.161. The Morgan fingerprint density at radius 1 is 1.86 bits per heavy atom. The normalized spacial score (nSPS) is 11.4. The second-order valence-corrected chi connectivity index (χ2v) is 1.47. The molecule has 0 saturated heterocycles. The van der Waals surface area contributed by atoms with Crippen molar-refractivity contribution < 1.29 is 5.11 Å². The van der Waals surface area contributed by atoms with Crippen LogP contribution in [0.2, 0.25) is 0 Å². The third-order valence-corrected chi connectivity index (χ3v) is 0.949. The first-order valence-corrected chi connectivity index (χ1v) is 2.24. The molecule has 0 bridgehead atoms. The predicted molar refractivity (Wildman–Crippen MR) is 28.7 cm³/mol. The molecule has 0 spiro atoms. The van der Waals surface area contributed by atoms with Gasteiger partial charge in [0.1, 0.15) is 0 Å². The molecule has 0 rings (SSSR count). The Bertz CT molecular complexity index is 105. The largest absolute Gasteiger partial charge is 0.872 e. The third-order valence-electron chi connectivity index (χ3n) is 0.520. The summed E-state index contributed by atoms with van der Waals surface area (Å²) in [6, 6.07) is 0. The first kappa shape index (κ1) is 6.57. The van der Waals surface area contributed by atoms with Crippen LogP contribution in [0.4, 0.5) is 0 Å². The molecule has 0 aliphatic rings. The van der Waals surface area contributed by atoms with Gasteiger partial charge in [-0.15, -0.1) is 6.58 Å². The highest BCUT2D eigenvalue weighted by Crippen LogP contribution is 2.04. The lowest BCUT2D eigenvalue weighted by molar-refractivity contribution is -0.295. The zero-order valence-corrected chi connectivity index (χ0v) is 4.83. The van der Waals surface area contributed by atoms with Crippen molar-refractivity contribution in [3.63, 3.8) is 0 Å². The second kappa shape index (κ2) is 2.69. The maximum atomic E-state index is 10.1. The van der Waals surface area contributed by atoms with Crippen LogP contribution in [-0.2, 0) is 0 Å². The molecule has 0 unspecified atom stereocenters. The van der Waals surface area contributed by atoms with Gasteiger partial charge in [-0.3, -0.25) is 0 Å². The van der Waals surface area contributed by atoms with Gasteiger partial charge < -0.3 is 5.11 Å². The minimum absolute atomic E-state index is 0.194. The van der Waals surface area contributed by atoms with Crippen molar-refractivity contribution >= 4 is 11.6 Å². The van der Waals surface area contributed by atoms with Crippen molar-refractivity contribution in [3.05, 3.63) is 23.4 Å². The van der Waals surface area contributed by atoms with Crippen molar-refractivity contribution in [3.8, 4) is 0 Å². The summed E-state index contributed by atoms with van der Waals surface area (Å²) in [4.78, 5) is 0. The van der Waals surface area contributed by atoms with Crippen molar-refractivity contribution in [2.45, 2.75) is 6.92 Å². The quantitative estimate of drug-likeness (QED) is 0.371. The minimum Gasteiger partial charge on any atom is -0.872 e. The van der Waals surface area contributed by atoms with Crippen molar-refractivity contribution in [2.24, 2.45) is 0 Å². The number of rotatable bonds is 1. The number of halogens is 1. The molecule has 0 aromatic carbocycles. The highest BCUT2D eigenvalue weighted by atomic mass is 35.5. The van der Waals surface area contributed by atoms with Crippen LogP contribution in [0.5, 0.6) is 0 Å². The monoisotopic (exact) mass is 117 g/mol. The summed E-state index contributed by atoms with van der Waals surface area (Å²) in [5.74, 6) is -0.329. The molecular formula is C5H6ClO-. The van der Waals surface area contributed by atoms with E-state index in [1.807, 2.05) is 0 Å². The van der Waals surface area contributed by atoms with Crippen LogP contribution >= 0.6 is 11.6 Å². The van der Waals surface area contributed by atoms with E-state index in [4.69, 9.17) is 11.6 Å². The summed E-state index contributed by atoms with van der Waals surface area (Å²) >= 11 is 5.25. The Labute approximate surface area is 47.9 Å². The molecule has 0 N–H and O–H groups in total. The predicted octanol–water partition coefficient (Wildman–Crippen LogP) is 1.00. The lowest BCUT2D eigenvalue weighted by Crippen LogP contribution is -1.99. The smallest absolute Gasteiger partial charge is 0.0278 e. The maximum Gasteiger partial charge on any atom is 0.0278 e. The highest BCUT2D eigenvalue weighted by molar-refractivity contribution is 6.31. The van der Waals surface area contributed by atoms with Gasteiger partial charge in [0.25, 0.3) is 0 Å². The van der Waals surface area contributed by atoms with E-state index in [9.17, 15) is 5.11 Å². The summed E-state index contributed by atoms with van der Waals surface area (Å²) in [5, 5.41) is 10.3. The Hall–Kier alpha value is -0.430. The molecule has 0 amide bonds. The molecular weight excluding hydrogens is 112 g/mol. The molecule has 0 aromatic heterocycles. The maximum absolute atomic E-state index is 10.1. The van der Waals surface area contributed by atoms with E-state index < -0.39 is 0 Å². The Balaban J connectivity index is 3.82. The standard InChI is InChI=1S/C5H7ClO/c1-3-5(6)4(2)7/h3,7H,2H2,1H3/p-1. The van der Waals surface area contributed by atoms with Gasteiger partial charge in [-0.2, -0.15) is 0 Å². The van der Waals surface area contributed by atoms with Crippen LogP contribution < -0.4 is 5.11 Å². The fourth-order valence-electron chi connectivity index (χ4n) is 0.161. The average Bonchev–Trinajstić information content (AvgIpc) is 1.65. The third kappa shape index (κ3) is 2.29. The van der Waals surface area contributed by atoms with E-state index in [0.717, 1.165) is 0 Å². The van der Waals surface area contributed by atoms with Gasteiger partial charge in [0.15, 0.2) is 0 Å². The van der Waals surface area contributed by atoms with Crippen LogP contribution in [0.15, 0.2) is 23.4 Å². The molecule has 0 aliphatic carbocycles. The summed E-state index contributed by atoms with van der Waals surface area (Å²) in [6.07, 6.45) is 1.51. The minimum atomic E-state index is -0.329. The summed E-state index contributed by atoms with van der Waals surface area (Å²) < 4.78 is 0. The van der Waals surface area contributed by atoms with Gasteiger partial charge >= 0.3 is 0 Å². The number of hydrogen-bond donors (Lipinski definition) is 0. The average molecular weight is 118 g/mol. The highest BCUT2D eigenvalue weighted by Gasteiger charge is 1.77. The number of allylic oxidation sites excluding steroid dienone is 2. The fraction of sp³-hybridized carbons (Fsp3) is 0.200. The van der Waals surface area contributed by atoms with Crippen molar-refractivity contribution in [2.75, 3.05) is 0 Å². The molecule has 2 heteroatoms. The van der Waals surface area contributed by atoms with Gasteiger partial charge in [-0.25, -0.2) is 0 Å². The van der Waals surface area contributed by atoms with Gasteiger partial charge in [0, 0.05) is 5.03 Å². The van der Waals surface area contributed by atoms with Crippen LogP contribution in [0.25, 0.3) is 0 Å². The van der Waals surface area contributed by atoms with E-state index in [2.05, 4.69) is 6.58 Å². The van der Waals surface area contributed by atoms with Crippen LogP contribution in [0.1, 0.15) is 6.92 Å². The summed E-state index contributed by atoms with van der Waals surface area (Å²) in [7, 11) is 0. The molecule has 7 heavy (non-hydrogen) atoms. The van der Waals surface area contributed by atoms with Gasteiger partial charge in [-0.05, 0) is 6.92 Å². The van der Waals surface area contributed by atoms with Crippen LogP contribution in [0.3, 0.4) is 0 Å². The Morgan fingerprint density at radius 3 is 2.29 bits per heavy atom. The summed E-state index contributed by atoms with van der Waals surface area (Å²) in [5.41, 5.74) is 0. The second-order valence-electron chi connectivity index (χ2n) is 1.06. The molecule has 0 aromatic rings. The van der Waals surface area contributed by atoms with Crippen LogP contribution in [0, 0.1) is 0 Å². The van der Waals surface area contributed by atoms with E-state index in [-0.39, 0.29) is 10.8 Å². The van der Waals surface area contributed by atoms with E-state index in [0.29, 0.717) is 0 Å². The molecule has 0 aliphatic heterocycles. The molecule has 0 radical (unpaired) electrons. The van der Waals surface area contributed by atoms with Gasteiger partial charge in [0.05, 0.1) is 0 Å². The summed E-state index contributed by atoms with van der Waals surface area (Å²) in [6.45, 7) is 4.76. The van der Waals surface area contributed by atoms with Crippen LogP contribution in [-0.4, -0.2) is 0 Å². The first-order chi connectivity index (χ1) is 3.18. The lowest BCUT2D eigenvalue weighted by atomic mass is 10.5.